The lowest BCUT2D eigenvalue weighted by Gasteiger charge is -2.04. The molecule has 4 rings (SSSR count). The van der Waals surface area contributed by atoms with E-state index in [0.717, 1.165) is 11.1 Å². The van der Waals surface area contributed by atoms with Gasteiger partial charge in [-0.25, -0.2) is 0 Å². The Hall–Kier alpha value is -3.63. The Morgan fingerprint density at radius 3 is 2.53 bits per heavy atom. The van der Waals surface area contributed by atoms with E-state index >= 15 is 0 Å². The third-order valence-corrected chi connectivity index (χ3v) is 4.66. The molecule has 5 heteroatoms. The van der Waals surface area contributed by atoms with Crippen LogP contribution < -0.4 is 4.74 Å². The smallest absolute Gasteiger partial charge is 0.185 e. The van der Waals surface area contributed by atoms with Gasteiger partial charge in [0.15, 0.2) is 11.5 Å². The van der Waals surface area contributed by atoms with E-state index in [2.05, 4.69) is 5.16 Å². The number of ether oxygens (including phenoxy) is 1. The molecular weight excluding hydrogens is 398 g/mol. The molecule has 0 bridgehead atoms. The summed E-state index contributed by atoms with van der Waals surface area (Å²) in [6, 6.07) is 25.9. The highest BCUT2D eigenvalue weighted by molar-refractivity contribution is 6.30. The molecule has 0 spiro atoms. The van der Waals surface area contributed by atoms with E-state index < -0.39 is 0 Å². The van der Waals surface area contributed by atoms with Gasteiger partial charge in [-0.3, -0.25) is 4.79 Å². The van der Waals surface area contributed by atoms with Gasteiger partial charge in [-0.15, -0.1) is 0 Å². The van der Waals surface area contributed by atoms with Gasteiger partial charge in [0.2, 0.25) is 0 Å². The zero-order chi connectivity index (χ0) is 20.8. The number of rotatable bonds is 7. The van der Waals surface area contributed by atoms with Crippen molar-refractivity contribution < 1.29 is 14.1 Å². The SMILES string of the molecule is O=C(C=Cc1ccccc1)c1ccc(OCc2cc(-c3cccc(Cl)c3)no2)cc1. The van der Waals surface area contributed by atoms with Crippen LogP contribution in [0.2, 0.25) is 5.02 Å². The second-order valence-corrected chi connectivity index (χ2v) is 7.05. The van der Waals surface area contributed by atoms with Gasteiger partial charge < -0.3 is 9.26 Å². The Bertz CT molecular complexity index is 1160. The molecule has 148 valence electrons. The highest BCUT2D eigenvalue weighted by Crippen LogP contribution is 2.23. The highest BCUT2D eigenvalue weighted by atomic mass is 35.5. The first-order chi connectivity index (χ1) is 14.7. The number of ketones is 1. The normalized spacial score (nSPS) is 11.0. The van der Waals surface area contributed by atoms with Crippen molar-refractivity contribution in [3.8, 4) is 17.0 Å². The van der Waals surface area contributed by atoms with Crippen LogP contribution in [0, 0.1) is 0 Å². The van der Waals surface area contributed by atoms with Crippen molar-refractivity contribution >= 4 is 23.5 Å². The molecule has 0 fully saturated rings. The molecule has 0 saturated carbocycles. The number of allylic oxidation sites excluding steroid dienone is 1. The summed E-state index contributed by atoms with van der Waals surface area (Å²) in [5, 5.41) is 4.70. The molecule has 0 atom stereocenters. The molecular formula is C25H18ClNO3. The summed E-state index contributed by atoms with van der Waals surface area (Å²) in [5.74, 6) is 1.17. The average molecular weight is 416 g/mol. The topological polar surface area (TPSA) is 52.3 Å². The molecule has 1 aromatic heterocycles. The van der Waals surface area contributed by atoms with E-state index in [4.69, 9.17) is 20.9 Å². The molecule has 1 heterocycles. The van der Waals surface area contributed by atoms with E-state index in [0.29, 0.717) is 27.8 Å². The fraction of sp³-hybridized carbons (Fsp3) is 0.0400. The summed E-state index contributed by atoms with van der Waals surface area (Å²) in [5.41, 5.74) is 3.15. The first-order valence-corrected chi connectivity index (χ1v) is 9.77. The second kappa shape index (κ2) is 9.25. The van der Waals surface area contributed by atoms with Crippen LogP contribution in [0.5, 0.6) is 5.75 Å². The quantitative estimate of drug-likeness (QED) is 0.256. The van der Waals surface area contributed by atoms with Gasteiger partial charge in [-0.2, -0.15) is 0 Å². The van der Waals surface area contributed by atoms with Crippen molar-refractivity contribution in [3.63, 3.8) is 0 Å². The van der Waals surface area contributed by atoms with E-state index in [1.165, 1.54) is 0 Å². The average Bonchev–Trinajstić information content (AvgIpc) is 3.26. The fourth-order valence-electron chi connectivity index (χ4n) is 2.87. The molecule has 3 aromatic carbocycles. The predicted octanol–water partition coefficient (Wildman–Crippen LogP) is 6.47. The minimum absolute atomic E-state index is 0.0631. The third-order valence-electron chi connectivity index (χ3n) is 4.43. The van der Waals surface area contributed by atoms with E-state index in [1.807, 2.05) is 54.6 Å². The lowest BCUT2D eigenvalue weighted by molar-refractivity contribution is 0.104. The Morgan fingerprint density at radius 1 is 0.967 bits per heavy atom. The summed E-state index contributed by atoms with van der Waals surface area (Å²) in [6.45, 7) is 0.231. The van der Waals surface area contributed by atoms with Crippen molar-refractivity contribution in [1.82, 2.24) is 5.16 Å². The van der Waals surface area contributed by atoms with Crippen molar-refractivity contribution in [2.24, 2.45) is 0 Å². The fourth-order valence-corrected chi connectivity index (χ4v) is 3.06. The summed E-state index contributed by atoms with van der Waals surface area (Å²) in [6.07, 6.45) is 3.37. The number of hydrogen-bond donors (Lipinski definition) is 0. The van der Waals surface area contributed by atoms with Crippen LogP contribution in [0.1, 0.15) is 21.7 Å². The molecule has 0 saturated heterocycles. The van der Waals surface area contributed by atoms with Crippen LogP contribution in [-0.4, -0.2) is 10.9 Å². The van der Waals surface area contributed by atoms with Crippen molar-refractivity contribution in [1.29, 1.82) is 0 Å². The van der Waals surface area contributed by atoms with Crippen molar-refractivity contribution in [2.75, 3.05) is 0 Å². The molecule has 4 nitrogen and oxygen atoms in total. The first kappa shape index (κ1) is 19.7. The zero-order valence-electron chi connectivity index (χ0n) is 16.0. The Kier molecular flexibility index (Phi) is 6.06. The summed E-state index contributed by atoms with van der Waals surface area (Å²) in [7, 11) is 0. The van der Waals surface area contributed by atoms with E-state index in [9.17, 15) is 4.79 Å². The molecule has 0 amide bonds. The van der Waals surface area contributed by atoms with Crippen molar-refractivity contribution in [2.45, 2.75) is 6.61 Å². The lowest BCUT2D eigenvalue weighted by atomic mass is 10.1. The molecule has 30 heavy (non-hydrogen) atoms. The number of carbonyl (C=O) groups is 1. The maximum absolute atomic E-state index is 12.3. The highest BCUT2D eigenvalue weighted by Gasteiger charge is 2.08. The van der Waals surface area contributed by atoms with Crippen LogP contribution in [0.3, 0.4) is 0 Å². The van der Waals surface area contributed by atoms with Crippen LogP contribution in [0.15, 0.2) is 95.5 Å². The molecule has 4 aromatic rings. The number of nitrogens with zero attached hydrogens (tertiary/aromatic N) is 1. The van der Waals surface area contributed by atoms with Crippen LogP contribution in [-0.2, 0) is 6.61 Å². The molecule has 0 aliphatic rings. The zero-order valence-corrected chi connectivity index (χ0v) is 16.8. The van der Waals surface area contributed by atoms with E-state index in [1.54, 1.807) is 42.5 Å². The molecule has 0 unspecified atom stereocenters. The largest absolute Gasteiger partial charge is 0.486 e. The molecule has 0 radical (unpaired) electrons. The lowest BCUT2D eigenvalue weighted by Crippen LogP contribution is -1.96. The van der Waals surface area contributed by atoms with Crippen LogP contribution >= 0.6 is 11.6 Å². The number of hydrogen-bond acceptors (Lipinski definition) is 4. The van der Waals surface area contributed by atoms with Gasteiger partial charge in [0, 0.05) is 22.2 Å². The summed E-state index contributed by atoms with van der Waals surface area (Å²) < 4.78 is 11.1. The van der Waals surface area contributed by atoms with Gasteiger partial charge in [-0.05, 0) is 48.0 Å². The van der Waals surface area contributed by atoms with Gasteiger partial charge in [0.1, 0.15) is 18.1 Å². The standard InChI is InChI=1S/C25H18ClNO3/c26-21-8-4-7-20(15-21)24-16-23(30-27-24)17-29-22-12-10-19(11-13-22)25(28)14-9-18-5-2-1-3-6-18/h1-16H,17H2. The summed E-state index contributed by atoms with van der Waals surface area (Å²) >= 11 is 6.02. The maximum Gasteiger partial charge on any atom is 0.185 e. The summed E-state index contributed by atoms with van der Waals surface area (Å²) in [4.78, 5) is 12.3. The third kappa shape index (κ3) is 5.04. The van der Waals surface area contributed by atoms with Gasteiger partial charge >= 0.3 is 0 Å². The molecule has 0 aliphatic heterocycles. The Balaban J connectivity index is 1.35. The van der Waals surface area contributed by atoms with Crippen molar-refractivity contribution in [3.05, 3.63) is 113 Å². The van der Waals surface area contributed by atoms with Gasteiger partial charge in [-0.1, -0.05) is 65.3 Å². The minimum atomic E-state index is -0.0631. The Labute approximate surface area is 179 Å². The van der Waals surface area contributed by atoms with Crippen LogP contribution in [0.25, 0.3) is 17.3 Å². The second-order valence-electron chi connectivity index (χ2n) is 6.61. The molecule has 0 aliphatic carbocycles. The minimum Gasteiger partial charge on any atom is -0.486 e. The van der Waals surface area contributed by atoms with Crippen LogP contribution in [0.4, 0.5) is 0 Å². The van der Waals surface area contributed by atoms with Gasteiger partial charge in [0.05, 0.1) is 0 Å². The predicted molar refractivity (Wildman–Crippen MR) is 118 cm³/mol. The number of aromatic nitrogens is 1. The number of halogens is 1. The first-order valence-electron chi connectivity index (χ1n) is 9.39. The monoisotopic (exact) mass is 415 g/mol. The van der Waals surface area contributed by atoms with Gasteiger partial charge in [0.25, 0.3) is 0 Å². The molecule has 0 N–H and O–H groups in total. The maximum atomic E-state index is 12.3. The number of benzene rings is 3. The van der Waals surface area contributed by atoms with E-state index in [-0.39, 0.29) is 12.4 Å². The Morgan fingerprint density at radius 2 is 1.77 bits per heavy atom. The number of carbonyl (C=O) groups excluding carboxylic acids is 1.